The summed E-state index contributed by atoms with van der Waals surface area (Å²) in [5, 5.41) is 15.1. The summed E-state index contributed by atoms with van der Waals surface area (Å²) >= 11 is 5.12. The van der Waals surface area contributed by atoms with Gasteiger partial charge in [0.25, 0.3) is 0 Å². The van der Waals surface area contributed by atoms with E-state index in [1.807, 2.05) is 12.1 Å². The summed E-state index contributed by atoms with van der Waals surface area (Å²) in [5.41, 5.74) is 2.33. The van der Waals surface area contributed by atoms with Crippen LogP contribution in [0.3, 0.4) is 0 Å². The van der Waals surface area contributed by atoms with Crippen LogP contribution < -0.4 is 10.6 Å². The lowest BCUT2D eigenvalue weighted by atomic mass is 10.1. The summed E-state index contributed by atoms with van der Waals surface area (Å²) in [6.45, 7) is 2.78. The van der Waals surface area contributed by atoms with Crippen molar-refractivity contribution >= 4 is 23.0 Å². The van der Waals surface area contributed by atoms with Crippen molar-refractivity contribution in [3.63, 3.8) is 0 Å². The van der Waals surface area contributed by atoms with Gasteiger partial charge in [0, 0.05) is 12.2 Å². The molecule has 0 heterocycles. The standard InChI is InChI=1S/C14H19N3S/c1-2-3-5-12-6-8-13(9-7-12)17-14(18)16-11-4-10-15/h6-9H,2-5,11H2,1H3,(H2,16,17,18). The predicted molar refractivity (Wildman–Crippen MR) is 79.5 cm³/mol. The molecule has 0 atom stereocenters. The zero-order valence-corrected chi connectivity index (χ0v) is 11.5. The molecule has 0 unspecified atom stereocenters. The van der Waals surface area contributed by atoms with Crippen LogP contribution in [0, 0.1) is 11.3 Å². The van der Waals surface area contributed by atoms with Crippen LogP contribution in [-0.4, -0.2) is 11.7 Å². The van der Waals surface area contributed by atoms with Gasteiger partial charge in [0.2, 0.25) is 0 Å². The van der Waals surface area contributed by atoms with E-state index in [1.54, 1.807) is 0 Å². The fourth-order valence-electron chi connectivity index (χ4n) is 1.54. The van der Waals surface area contributed by atoms with E-state index in [9.17, 15) is 0 Å². The Balaban J connectivity index is 2.38. The van der Waals surface area contributed by atoms with Gasteiger partial charge in [-0.15, -0.1) is 0 Å². The second-order valence-corrected chi connectivity index (χ2v) is 4.50. The maximum atomic E-state index is 8.42. The second kappa shape index (κ2) is 8.48. The highest BCUT2D eigenvalue weighted by Crippen LogP contribution is 2.11. The topological polar surface area (TPSA) is 47.8 Å². The molecule has 0 aliphatic heterocycles. The van der Waals surface area contributed by atoms with Gasteiger partial charge in [0.15, 0.2) is 5.11 Å². The zero-order chi connectivity index (χ0) is 13.2. The van der Waals surface area contributed by atoms with Crippen molar-refractivity contribution in [3.05, 3.63) is 29.8 Å². The van der Waals surface area contributed by atoms with Crippen LogP contribution >= 0.6 is 12.2 Å². The average Bonchev–Trinajstić information content (AvgIpc) is 2.38. The lowest BCUT2D eigenvalue weighted by molar-refractivity contribution is 0.795. The minimum atomic E-state index is 0.456. The van der Waals surface area contributed by atoms with Gasteiger partial charge in [0.05, 0.1) is 12.5 Å². The van der Waals surface area contributed by atoms with Crippen molar-refractivity contribution < 1.29 is 0 Å². The third kappa shape index (κ3) is 5.65. The van der Waals surface area contributed by atoms with Gasteiger partial charge in [-0.2, -0.15) is 5.26 Å². The fourth-order valence-corrected chi connectivity index (χ4v) is 1.76. The number of hydrogen-bond acceptors (Lipinski definition) is 2. The van der Waals surface area contributed by atoms with Crippen LogP contribution in [-0.2, 0) is 6.42 Å². The summed E-state index contributed by atoms with van der Waals surface area (Å²) in [4.78, 5) is 0. The Hall–Kier alpha value is -1.60. The quantitative estimate of drug-likeness (QED) is 0.609. The minimum Gasteiger partial charge on any atom is -0.361 e. The van der Waals surface area contributed by atoms with Gasteiger partial charge in [-0.25, -0.2) is 0 Å². The number of anilines is 1. The third-order valence-corrected chi connectivity index (χ3v) is 2.80. The molecule has 1 aromatic rings. The van der Waals surface area contributed by atoms with Crippen LogP contribution in [0.25, 0.3) is 0 Å². The van der Waals surface area contributed by atoms with Crippen molar-refractivity contribution in [2.45, 2.75) is 32.6 Å². The van der Waals surface area contributed by atoms with Gasteiger partial charge >= 0.3 is 0 Å². The van der Waals surface area contributed by atoms with Crippen molar-refractivity contribution in [1.82, 2.24) is 5.32 Å². The number of nitrogens with zero attached hydrogens (tertiary/aromatic N) is 1. The first kappa shape index (κ1) is 14.5. The number of thiocarbonyl (C=S) groups is 1. The molecule has 0 radical (unpaired) electrons. The molecule has 0 fully saturated rings. The van der Waals surface area contributed by atoms with E-state index in [4.69, 9.17) is 17.5 Å². The second-order valence-electron chi connectivity index (χ2n) is 4.09. The normalized spacial score (nSPS) is 9.56. The Morgan fingerprint density at radius 2 is 2.06 bits per heavy atom. The highest BCUT2D eigenvalue weighted by atomic mass is 32.1. The molecule has 0 bridgehead atoms. The maximum absolute atomic E-state index is 8.42. The first-order chi connectivity index (χ1) is 8.76. The molecular formula is C14H19N3S. The van der Waals surface area contributed by atoms with E-state index in [1.165, 1.54) is 18.4 Å². The average molecular weight is 261 g/mol. The molecule has 1 aromatic carbocycles. The van der Waals surface area contributed by atoms with E-state index < -0.39 is 0 Å². The van der Waals surface area contributed by atoms with Crippen molar-refractivity contribution in [2.75, 3.05) is 11.9 Å². The molecule has 0 spiro atoms. The molecule has 0 aromatic heterocycles. The highest BCUT2D eigenvalue weighted by molar-refractivity contribution is 7.80. The monoisotopic (exact) mass is 261 g/mol. The molecule has 0 saturated carbocycles. The Kier molecular flexibility index (Phi) is 6.82. The van der Waals surface area contributed by atoms with Crippen molar-refractivity contribution in [3.8, 4) is 6.07 Å². The third-order valence-electron chi connectivity index (χ3n) is 2.55. The molecule has 96 valence electrons. The lowest BCUT2D eigenvalue weighted by Crippen LogP contribution is -2.29. The van der Waals surface area contributed by atoms with Crippen LogP contribution in [0.15, 0.2) is 24.3 Å². The van der Waals surface area contributed by atoms with E-state index in [0.29, 0.717) is 18.1 Å². The van der Waals surface area contributed by atoms with Gasteiger partial charge in [-0.1, -0.05) is 25.5 Å². The molecule has 1 rings (SSSR count). The first-order valence-corrected chi connectivity index (χ1v) is 6.68. The Morgan fingerprint density at radius 1 is 1.33 bits per heavy atom. The van der Waals surface area contributed by atoms with Crippen molar-refractivity contribution in [2.24, 2.45) is 0 Å². The van der Waals surface area contributed by atoms with Crippen LogP contribution in [0.2, 0.25) is 0 Å². The summed E-state index contributed by atoms with van der Waals surface area (Å²) in [7, 11) is 0. The largest absolute Gasteiger partial charge is 0.361 e. The molecule has 0 saturated heterocycles. The number of rotatable bonds is 6. The summed E-state index contributed by atoms with van der Waals surface area (Å²) in [5.74, 6) is 0. The van der Waals surface area contributed by atoms with Gasteiger partial charge in [0.1, 0.15) is 0 Å². The summed E-state index contributed by atoms with van der Waals surface area (Å²) in [6.07, 6.45) is 4.02. The van der Waals surface area contributed by atoms with Gasteiger partial charge < -0.3 is 10.6 Å². The summed E-state index contributed by atoms with van der Waals surface area (Å²) < 4.78 is 0. The molecule has 4 heteroatoms. The Labute approximate surface area is 114 Å². The smallest absolute Gasteiger partial charge is 0.170 e. The lowest BCUT2D eigenvalue weighted by Gasteiger charge is -2.09. The highest BCUT2D eigenvalue weighted by Gasteiger charge is 1.97. The number of unbranched alkanes of at least 4 members (excludes halogenated alkanes) is 1. The van der Waals surface area contributed by atoms with Crippen LogP contribution in [0.5, 0.6) is 0 Å². The predicted octanol–water partition coefficient (Wildman–Crippen LogP) is 3.23. The molecule has 2 N–H and O–H groups in total. The fraction of sp³-hybridized carbons (Fsp3) is 0.429. The minimum absolute atomic E-state index is 0.456. The molecule has 18 heavy (non-hydrogen) atoms. The Bertz CT molecular complexity index is 406. The molecule has 0 aliphatic rings. The Morgan fingerprint density at radius 3 is 2.67 bits per heavy atom. The number of nitrogens with one attached hydrogen (secondary N) is 2. The number of aryl methyl sites for hydroxylation is 1. The van der Waals surface area contributed by atoms with Crippen LogP contribution in [0.4, 0.5) is 5.69 Å². The molecule has 3 nitrogen and oxygen atoms in total. The maximum Gasteiger partial charge on any atom is 0.170 e. The van der Waals surface area contributed by atoms with E-state index in [2.05, 4.69) is 35.8 Å². The summed E-state index contributed by atoms with van der Waals surface area (Å²) in [6, 6.07) is 10.4. The van der Waals surface area contributed by atoms with E-state index in [0.717, 1.165) is 12.1 Å². The SMILES string of the molecule is CCCCc1ccc(NC(=S)NCCC#N)cc1. The van der Waals surface area contributed by atoms with E-state index >= 15 is 0 Å². The van der Waals surface area contributed by atoms with Crippen LogP contribution in [0.1, 0.15) is 31.7 Å². The van der Waals surface area contributed by atoms with Gasteiger partial charge in [-0.05, 0) is 42.8 Å². The van der Waals surface area contributed by atoms with Crippen molar-refractivity contribution in [1.29, 1.82) is 5.26 Å². The molecule has 0 amide bonds. The molecular weight excluding hydrogens is 242 g/mol. The number of benzene rings is 1. The molecule has 0 aliphatic carbocycles. The zero-order valence-electron chi connectivity index (χ0n) is 10.7. The van der Waals surface area contributed by atoms with Gasteiger partial charge in [-0.3, -0.25) is 0 Å². The van der Waals surface area contributed by atoms with E-state index in [-0.39, 0.29) is 0 Å². The number of nitriles is 1. The first-order valence-electron chi connectivity index (χ1n) is 6.27. The number of hydrogen-bond donors (Lipinski definition) is 2.